The number of nitrogens with one attached hydrogen (secondary N) is 3. The maximum Gasteiger partial charge on any atom is 0.187 e. The molecule has 1 aliphatic heterocycles. The van der Waals surface area contributed by atoms with Crippen LogP contribution >= 0.6 is 23.8 Å². The first-order chi connectivity index (χ1) is 10.2. The van der Waals surface area contributed by atoms with Gasteiger partial charge in [-0.2, -0.15) is 5.10 Å². The van der Waals surface area contributed by atoms with Crippen molar-refractivity contribution >= 4 is 35.1 Å². The lowest BCUT2D eigenvalue weighted by Gasteiger charge is -2.23. The van der Waals surface area contributed by atoms with Crippen LogP contribution in [0.1, 0.15) is 5.56 Å². The van der Waals surface area contributed by atoms with Crippen LogP contribution in [0, 0.1) is 0 Å². The van der Waals surface area contributed by atoms with Crippen LogP contribution in [0.2, 0.25) is 5.02 Å². The first-order valence-electron chi connectivity index (χ1n) is 6.98. The number of rotatable bonds is 5. The Bertz CT molecular complexity index is 492. The van der Waals surface area contributed by atoms with Crippen LogP contribution in [-0.4, -0.2) is 50.7 Å². The van der Waals surface area contributed by atoms with Gasteiger partial charge in [0.2, 0.25) is 0 Å². The maximum atomic E-state index is 5.90. The number of halogens is 1. The van der Waals surface area contributed by atoms with E-state index in [4.69, 9.17) is 28.6 Å². The predicted octanol–water partition coefficient (Wildman–Crippen LogP) is 0.0531. The van der Waals surface area contributed by atoms with Crippen LogP contribution in [0.15, 0.2) is 29.4 Å². The van der Waals surface area contributed by atoms with Crippen LogP contribution in [0.5, 0.6) is 0 Å². The Kier molecular flexibility index (Phi) is 6.88. The fourth-order valence-corrected chi connectivity index (χ4v) is 2.41. The second kappa shape index (κ2) is 8.94. The minimum Gasteiger partial charge on any atom is -0.370 e. The van der Waals surface area contributed by atoms with Gasteiger partial charge in [-0.05, 0) is 29.9 Å². The van der Waals surface area contributed by atoms with Gasteiger partial charge in [0.15, 0.2) is 5.11 Å². The lowest BCUT2D eigenvalue weighted by atomic mass is 10.2. The molecule has 0 spiro atoms. The summed E-state index contributed by atoms with van der Waals surface area (Å²) in [5.41, 5.74) is 3.73. The molecular weight excluding hydrogens is 308 g/mol. The summed E-state index contributed by atoms with van der Waals surface area (Å²) in [5.74, 6) is 0. The molecule has 0 aromatic heterocycles. The molecule has 1 aromatic carbocycles. The van der Waals surface area contributed by atoms with E-state index in [9.17, 15) is 0 Å². The van der Waals surface area contributed by atoms with Gasteiger partial charge >= 0.3 is 0 Å². The molecule has 3 N–H and O–H groups in total. The zero-order valence-corrected chi connectivity index (χ0v) is 13.3. The number of benzene rings is 1. The second-order valence-corrected chi connectivity index (χ2v) is 5.64. The van der Waals surface area contributed by atoms with Gasteiger partial charge in [-0.1, -0.05) is 23.7 Å². The molecule has 0 amide bonds. The molecule has 2 rings (SSSR count). The molecule has 1 aliphatic rings. The van der Waals surface area contributed by atoms with E-state index in [0.717, 1.165) is 45.0 Å². The van der Waals surface area contributed by atoms with Crippen molar-refractivity contribution in [1.82, 2.24) is 10.7 Å². The van der Waals surface area contributed by atoms with Crippen LogP contribution in [0.25, 0.3) is 0 Å². The summed E-state index contributed by atoms with van der Waals surface area (Å²) in [6, 6.07) is 7.47. The minimum absolute atomic E-state index is 0.529. The molecule has 0 radical (unpaired) electrons. The summed E-state index contributed by atoms with van der Waals surface area (Å²) in [6.45, 7) is 5.69. The molecule has 0 saturated carbocycles. The Hall–Kier alpha value is -1.21. The Morgan fingerprint density at radius 2 is 2.24 bits per heavy atom. The van der Waals surface area contributed by atoms with Gasteiger partial charge in [0.05, 0.1) is 32.5 Å². The summed E-state index contributed by atoms with van der Waals surface area (Å²) in [7, 11) is 0. The zero-order valence-electron chi connectivity index (χ0n) is 11.8. The van der Waals surface area contributed by atoms with Gasteiger partial charge < -0.3 is 15.0 Å². The second-order valence-electron chi connectivity index (χ2n) is 4.79. The summed E-state index contributed by atoms with van der Waals surface area (Å²) in [4.78, 5) is 1.54. The number of ether oxygens (including phenoxy) is 1. The summed E-state index contributed by atoms with van der Waals surface area (Å²) in [6.07, 6.45) is 1.69. The van der Waals surface area contributed by atoms with Crippen molar-refractivity contribution in [3.8, 4) is 0 Å². The van der Waals surface area contributed by atoms with Crippen molar-refractivity contribution in [2.45, 2.75) is 0 Å². The van der Waals surface area contributed by atoms with E-state index in [0.29, 0.717) is 10.1 Å². The van der Waals surface area contributed by atoms with E-state index in [1.807, 2.05) is 24.3 Å². The normalized spacial score (nSPS) is 16.0. The molecule has 1 fully saturated rings. The van der Waals surface area contributed by atoms with Crippen LogP contribution < -0.4 is 15.6 Å². The highest BCUT2D eigenvalue weighted by Gasteiger charge is 2.12. The SMILES string of the molecule is S=C(NCC[NH+]1CCOCC1)N/N=C\c1cccc(Cl)c1. The van der Waals surface area contributed by atoms with Gasteiger partial charge in [0.25, 0.3) is 0 Å². The fraction of sp³-hybridized carbons (Fsp3) is 0.429. The lowest BCUT2D eigenvalue weighted by Crippen LogP contribution is -3.14. The molecule has 1 heterocycles. The Balaban J connectivity index is 1.63. The molecule has 0 bridgehead atoms. The monoisotopic (exact) mass is 327 g/mol. The van der Waals surface area contributed by atoms with Crippen molar-refractivity contribution in [2.75, 3.05) is 39.4 Å². The van der Waals surface area contributed by atoms with E-state index in [2.05, 4.69) is 15.8 Å². The standard InChI is InChI=1S/C14H19ClN4OS/c15-13-3-1-2-12(10-13)11-17-18-14(21)16-4-5-19-6-8-20-9-7-19/h1-3,10-11H,4-9H2,(H2,16,18,21)/p+1/b17-11-. The van der Waals surface area contributed by atoms with E-state index in [-0.39, 0.29) is 0 Å². The highest BCUT2D eigenvalue weighted by Crippen LogP contribution is 2.08. The van der Waals surface area contributed by atoms with Crippen LogP contribution in [0.4, 0.5) is 0 Å². The Morgan fingerprint density at radius 3 is 3.00 bits per heavy atom. The molecule has 5 nitrogen and oxygen atoms in total. The van der Waals surface area contributed by atoms with Crippen molar-refractivity contribution < 1.29 is 9.64 Å². The number of thiocarbonyl (C=S) groups is 1. The average Bonchev–Trinajstić information content (AvgIpc) is 2.48. The third kappa shape index (κ3) is 6.39. The molecule has 1 aromatic rings. The summed E-state index contributed by atoms with van der Waals surface area (Å²) < 4.78 is 5.32. The summed E-state index contributed by atoms with van der Waals surface area (Å²) >= 11 is 11.1. The molecule has 0 atom stereocenters. The van der Waals surface area contributed by atoms with Crippen LogP contribution in [0.3, 0.4) is 0 Å². The fourth-order valence-electron chi connectivity index (χ4n) is 2.05. The van der Waals surface area contributed by atoms with Gasteiger partial charge in [-0.25, -0.2) is 0 Å². The number of hydrogen-bond donors (Lipinski definition) is 3. The van der Waals surface area contributed by atoms with Gasteiger partial charge in [-0.15, -0.1) is 0 Å². The number of hydrazone groups is 1. The van der Waals surface area contributed by atoms with Crippen molar-refractivity contribution in [1.29, 1.82) is 0 Å². The molecule has 7 heteroatoms. The third-order valence-electron chi connectivity index (χ3n) is 3.19. The molecule has 1 saturated heterocycles. The largest absolute Gasteiger partial charge is 0.370 e. The average molecular weight is 328 g/mol. The van der Waals surface area contributed by atoms with Gasteiger partial charge in [0, 0.05) is 5.02 Å². The number of quaternary nitrogens is 1. The van der Waals surface area contributed by atoms with E-state index in [1.54, 1.807) is 11.1 Å². The maximum absolute atomic E-state index is 5.90. The van der Waals surface area contributed by atoms with E-state index < -0.39 is 0 Å². The smallest absolute Gasteiger partial charge is 0.187 e. The topological polar surface area (TPSA) is 50.1 Å². The first-order valence-corrected chi connectivity index (χ1v) is 7.76. The first kappa shape index (κ1) is 16.2. The number of nitrogens with zero attached hydrogens (tertiary/aromatic N) is 1. The number of morpholine rings is 1. The van der Waals surface area contributed by atoms with Crippen LogP contribution in [-0.2, 0) is 4.74 Å². The lowest BCUT2D eigenvalue weighted by molar-refractivity contribution is -0.906. The molecule has 21 heavy (non-hydrogen) atoms. The molecular formula is C14H20ClN4OS+. The van der Waals surface area contributed by atoms with E-state index in [1.165, 1.54) is 0 Å². The Labute approximate surface area is 135 Å². The minimum atomic E-state index is 0.529. The molecule has 0 aliphatic carbocycles. The zero-order chi connectivity index (χ0) is 14.9. The van der Waals surface area contributed by atoms with Crippen molar-refractivity contribution in [3.05, 3.63) is 34.9 Å². The van der Waals surface area contributed by atoms with Gasteiger partial charge in [-0.3, -0.25) is 5.43 Å². The highest BCUT2D eigenvalue weighted by atomic mass is 35.5. The molecule has 0 unspecified atom stereocenters. The number of hydrogen-bond acceptors (Lipinski definition) is 3. The third-order valence-corrected chi connectivity index (χ3v) is 3.66. The molecule has 114 valence electrons. The summed E-state index contributed by atoms with van der Waals surface area (Å²) in [5, 5.41) is 8.45. The highest BCUT2D eigenvalue weighted by molar-refractivity contribution is 7.80. The Morgan fingerprint density at radius 1 is 1.43 bits per heavy atom. The van der Waals surface area contributed by atoms with Crippen molar-refractivity contribution in [3.63, 3.8) is 0 Å². The van der Waals surface area contributed by atoms with E-state index >= 15 is 0 Å². The van der Waals surface area contributed by atoms with Crippen molar-refractivity contribution in [2.24, 2.45) is 5.10 Å². The predicted molar refractivity (Wildman–Crippen MR) is 89.2 cm³/mol. The van der Waals surface area contributed by atoms with Gasteiger partial charge in [0.1, 0.15) is 13.1 Å². The quantitative estimate of drug-likeness (QED) is 0.406.